The Labute approximate surface area is 156 Å². The third kappa shape index (κ3) is 3.21. The number of rotatable bonds is 3. The molecule has 4 N–H and O–H groups in total. The van der Waals surface area contributed by atoms with Gasteiger partial charge in [-0.15, -0.1) is 11.3 Å². The molecule has 4 rings (SSSR count). The Morgan fingerprint density at radius 3 is 2.85 bits per heavy atom. The summed E-state index contributed by atoms with van der Waals surface area (Å²) in [5.41, 5.74) is 12.1. The van der Waals surface area contributed by atoms with Crippen molar-refractivity contribution in [3.63, 3.8) is 0 Å². The van der Waals surface area contributed by atoms with Gasteiger partial charge in [-0.25, -0.2) is 0 Å². The summed E-state index contributed by atoms with van der Waals surface area (Å²) in [5.74, 6) is -0.160. The van der Waals surface area contributed by atoms with E-state index in [2.05, 4.69) is 17.2 Å². The summed E-state index contributed by atoms with van der Waals surface area (Å²) in [6.07, 6.45) is 1.77. The fraction of sp³-hybridized carbons (Fsp3) is 0.0952. The van der Waals surface area contributed by atoms with Crippen molar-refractivity contribution in [3.05, 3.63) is 77.3 Å². The molecule has 3 aromatic rings. The Morgan fingerprint density at radius 2 is 2.04 bits per heavy atom. The van der Waals surface area contributed by atoms with Crippen LogP contribution in [0.2, 0.25) is 0 Å². The summed E-state index contributed by atoms with van der Waals surface area (Å²) in [7, 11) is 0. The summed E-state index contributed by atoms with van der Waals surface area (Å²) in [4.78, 5) is 13.9. The number of carbonyl (C=O) groups is 1. The second kappa shape index (κ2) is 6.69. The highest BCUT2D eigenvalue weighted by Crippen LogP contribution is 2.31. The van der Waals surface area contributed by atoms with Gasteiger partial charge in [-0.2, -0.15) is 0 Å². The van der Waals surface area contributed by atoms with Crippen LogP contribution in [-0.2, 0) is 6.42 Å². The number of carbonyl (C=O) groups excluding carboxylic acids is 1. The molecule has 0 aliphatic carbocycles. The van der Waals surface area contributed by atoms with E-state index in [-0.39, 0.29) is 5.91 Å². The lowest BCUT2D eigenvalue weighted by molar-refractivity contribution is 0.102. The first-order chi connectivity index (χ1) is 12.6. The molecule has 0 bridgehead atoms. The molecule has 0 atom stereocenters. The number of nitrogens with one attached hydrogen (secondary N) is 2. The highest BCUT2D eigenvalue weighted by Gasteiger charge is 2.15. The van der Waals surface area contributed by atoms with Crippen molar-refractivity contribution in [1.29, 1.82) is 0 Å². The average Bonchev–Trinajstić information content (AvgIpc) is 3.17. The van der Waals surface area contributed by atoms with Crippen LogP contribution in [0.5, 0.6) is 0 Å². The Morgan fingerprint density at radius 1 is 1.15 bits per heavy atom. The van der Waals surface area contributed by atoms with Crippen LogP contribution in [0.25, 0.3) is 10.4 Å². The number of hydrogen-bond donors (Lipinski definition) is 3. The highest BCUT2D eigenvalue weighted by atomic mass is 32.1. The normalized spacial score (nSPS) is 13.0. The van der Waals surface area contributed by atoms with E-state index < -0.39 is 0 Å². The summed E-state index contributed by atoms with van der Waals surface area (Å²) >= 11 is 1.65. The van der Waals surface area contributed by atoms with Crippen LogP contribution in [0.3, 0.4) is 0 Å². The van der Waals surface area contributed by atoms with Crippen LogP contribution < -0.4 is 16.4 Å². The Hall–Kier alpha value is -3.05. The van der Waals surface area contributed by atoms with E-state index in [1.54, 1.807) is 11.3 Å². The third-order valence-electron chi connectivity index (χ3n) is 4.48. The summed E-state index contributed by atoms with van der Waals surface area (Å²) in [6.45, 7) is 3.96. The van der Waals surface area contributed by atoms with Crippen molar-refractivity contribution in [2.24, 2.45) is 0 Å². The Balaban J connectivity index is 1.59. The molecular weight excluding hydrogens is 342 g/mol. The molecule has 0 fully saturated rings. The first kappa shape index (κ1) is 16.4. The average molecular weight is 361 g/mol. The van der Waals surface area contributed by atoms with Crippen molar-refractivity contribution in [3.8, 4) is 10.4 Å². The first-order valence-corrected chi connectivity index (χ1v) is 9.30. The van der Waals surface area contributed by atoms with Gasteiger partial charge in [0.25, 0.3) is 5.91 Å². The molecule has 0 saturated heterocycles. The molecule has 2 heterocycles. The van der Waals surface area contributed by atoms with Crippen molar-refractivity contribution in [1.82, 2.24) is 0 Å². The molecule has 2 aromatic carbocycles. The van der Waals surface area contributed by atoms with Gasteiger partial charge in [0.1, 0.15) is 0 Å². The predicted molar refractivity (Wildman–Crippen MR) is 110 cm³/mol. The minimum atomic E-state index is -0.160. The maximum atomic E-state index is 12.7. The van der Waals surface area contributed by atoms with Crippen molar-refractivity contribution < 1.29 is 4.79 Å². The lowest BCUT2D eigenvalue weighted by Gasteiger charge is -2.20. The van der Waals surface area contributed by atoms with Gasteiger partial charge in [0.05, 0.1) is 11.4 Å². The number of nitrogens with two attached hydrogens (primary N) is 1. The zero-order valence-electron chi connectivity index (χ0n) is 14.2. The number of fused-ring (bicyclic) bond motifs is 1. The molecule has 0 spiro atoms. The molecule has 1 amide bonds. The van der Waals surface area contributed by atoms with Crippen molar-refractivity contribution in [2.45, 2.75) is 12.8 Å². The van der Waals surface area contributed by atoms with Gasteiger partial charge in [-0.3, -0.25) is 4.79 Å². The molecule has 1 aliphatic rings. The Kier molecular flexibility index (Phi) is 4.22. The van der Waals surface area contributed by atoms with E-state index in [1.807, 2.05) is 53.9 Å². The van der Waals surface area contributed by atoms with Crippen LogP contribution in [0, 0.1) is 0 Å². The maximum Gasteiger partial charge on any atom is 0.255 e. The van der Waals surface area contributed by atoms with Crippen LogP contribution in [0.15, 0.2) is 66.2 Å². The second-order valence-corrected chi connectivity index (χ2v) is 7.28. The number of allylic oxidation sites excluding steroid dienone is 1. The fourth-order valence-electron chi connectivity index (χ4n) is 3.06. The lowest BCUT2D eigenvalue weighted by Crippen LogP contribution is -2.15. The number of nitrogen functional groups attached to an aromatic ring is 1. The molecule has 4 nitrogen and oxygen atoms in total. The molecule has 1 aliphatic heterocycles. The third-order valence-corrected chi connectivity index (χ3v) is 5.40. The molecule has 1 aromatic heterocycles. The van der Waals surface area contributed by atoms with E-state index in [9.17, 15) is 4.79 Å². The van der Waals surface area contributed by atoms with Crippen molar-refractivity contribution >= 4 is 34.3 Å². The molecule has 0 saturated carbocycles. The minimum absolute atomic E-state index is 0.160. The quantitative estimate of drug-likeness (QED) is 0.567. The van der Waals surface area contributed by atoms with Crippen LogP contribution in [-0.4, -0.2) is 5.91 Å². The zero-order chi connectivity index (χ0) is 18.1. The predicted octanol–water partition coefficient (Wildman–Crippen LogP) is 5.12. The van der Waals surface area contributed by atoms with Gasteiger partial charge in [0.2, 0.25) is 0 Å². The van der Waals surface area contributed by atoms with Gasteiger partial charge in [0.15, 0.2) is 0 Å². The zero-order valence-corrected chi connectivity index (χ0v) is 15.0. The molecular formula is C21H19N3OS. The molecule has 0 radical (unpaired) electrons. The van der Waals surface area contributed by atoms with Crippen LogP contribution in [0.4, 0.5) is 17.1 Å². The number of benzene rings is 2. The minimum Gasteiger partial charge on any atom is -0.397 e. The number of aryl methyl sites for hydroxylation is 1. The lowest BCUT2D eigenvalue weighted by atomic mass is 9.99. The summed E-state index contributed by atoms with van der Waals surface area (Å²) < 4.78 is 0. The first-order valence-electron chi connectivity index (χ1n) is 8.42. The molecule has 0 unspecified atom stereocenters. The topological polar surface area (TPSA) is 67.2 Å². The van der Waals surface area contributed by atoms with Crippen molar-refractivity contribution in [2.75, 3.05) is 16.4 Å². The highest BCUT2D eigenvalue weighted by molar-refractivity contribution is 7.13. The van der Waals surface area contributed by atoms with E-state index in [4.69, 9.17) is 5.73 Å². The maximum absolute atomic E-state index is 12.7. The fourth-order valence-corrected chi connectivity index (χ4v) is 3.78. The number of amides is 1. The monoisotopic (exact) mass is 361 g/mol. The largest absolute Gasteiger partial charge is 0.397 e. The number of thiophene rings is 1. The number of hydrogen-bond acceptors (Lipinski definition) is 4. The van der Waals surface area contributed by atoms with E-state index in [1.165, 1.54) is 0 Å². The van der Waals surface area contributed by atoms with Crippen LogP contribution >= 0.6 is 11.3 Å². The molecule has 5 heteroatoms. The SMILES string of the molecule is C=C1CCc2cc(C(=O)Nc3cc(-c4cccs4)ccc3N)ccc2N1. The molecule has 130 valence electrons. The molecule has 26 heavy (non-hydrogen) atoms. The van der Waals surface area contributed by atoms with E-state index in [0.717, 1.165) is 40.2 Å². The second-order valence-electron chi connectivity index (χ2n) is 6.33. The van der Waals surface area contributed by atoms with Gasteiger partial charge in [0, 0.05) is 21.8 Å². The van der Waals surface area contributed by atoms with E-state index >= 15 is 0 Å². The summed E-state index contributed by atoms with van der Waals surface area (Å²) in [5, 5.41) is 8.24. The standard InChI is InChI=1S/C21H19N3OS/c1-13-4-5-14-11-16(7-9-18(14)23-13)21(25)24-19-12-15(6-8-17(19)22)20-3-2-10-26-20/h2-3,6-12,23H,1,4-5,22H2,(H,24,25). The van der Waals surface area contributed by atoms with E-state index in [0.29, 0.717) is 16.9 Å². The number of anilines is 3. The van der Waals surface area contributed by atoms with Gasteiger partial charge < -0.3 is 16.4 Å². The smallest absolute Gasteiger partial charge is 0.255 e. The Bertz CT molecular complexity index is 992. The van der Waals surface area contributed by atoms with Crippen LogP contribution in [0.1, 0.15) is 22.3 Å². The van der Waals surface area contributed by atoms with Gasteiger partial charge in [-0.05, 0) is 65.7 Å². The van der Waals surface area contributed by atoms with Gasteiger partial charge >= 0.3 is 0 Å². The van der Waals surface area contributed by atoms with Gasteiger partial charge in [-0.1, -0.05) is 18.7 Å². The summed E-state index contributed by atoms with van der Waals surface area (Å²) in [6, 6.07) is 15.4.